The Bertz CT molecular complexity index is 846. The van der Waals surface area contributed by atoms with Crippen molar-refractivity contribution >= 4 is 23.7 Å². The molecule has 31 heavy (non-hydrogen) atoms. The van der Waals surface area contributed by atoms with E-state index in [1.165, 1.54) is 4.90 Å². The number of hydrogen-bond acceptors (Lipinski definition) is 5. The lowest BCUT2D eigenvalue weighted by atomic mass is 9.85. The summed E-state index contributed by atoms with van der Waals surface area (Å²) in [4.78, 5) is 52.7. The van der Waals surface area contributed by atoms with Gasteiger partial charge in [0.25, 0.3) is 5.91 Å². The molecule has 1 heterocycles. The summed E-state index contributed by atoms with van der Waals surface area (Å²) in [6.45, 7) is 5.80. The highest BCUT2D eigenvalue weighted by atomic mass is 16.5. The molecule has 1 fully saturated rings. The maximum Gasteiger partial charge on any atom is 0.308 e. The van der Waals surface area contributed by atoms with Gasteiger partial charge in [-0.3, -0.25) is 24.1 Å². The van der Waals surface area contributed by atoms with Crippen LogP contribution in [0.5, 0.6) is 0 Å². The summed E-state index contributed by atoms with van der Waals surface area (Å²) >= 11 is 0. The fraction of sp³-hybridized carbons (Fsp3) is 0.500. The number of carbonyl (C=O) groups excluding carboxylic acids is 4. The average molecular weight is 427 g/mol. The van der Waals surface area contributed by atoms with Gasteiger partial charge >= 0.3 is 5.97 Å². The lowest BCUT2D eigenvalue weighted by Crippen LogP contribution is -2.47. The molecule has 3 rings (SSSR count). The minimum absolute atomic E-state index is 0.00924. The number of benzene rings is 1. The summed E-state index contributed by atoms with van der Waals surface area (Å²) in [5.41, 5.74) is 0.539. The maximum atomic E-state index is 12.8. The third-order valence-electron chi connectivity index (χ3n) is 5.79. The van der Waals surface area contributed by atoms with E-state index in [1.807, 2.05) is 63.3 Å². The third-order valence-corrected chi connectivity index (χ3v) is 5.79. The van der Waals surface area contributed by atoms with Crippen LogP contribution < -0.4 is 0 Å². The number of allylic oxidation sites excluding steroid dienone is 2. The number of hydrogen-bond donors (Lipinski definition) is 0. The van der Waals surface area contributed by atoms with Crippen LogP contribution >= 0.6 is 0 Å². The molecule has 0 radical (unpaired) electrons. The Morgan fingerprint density at radius 2 is 1.61 bits per heavy atom. The molecule has 2 atom stereocenters. The fourth-order valence-corrected chi connectivity index (χ4v) is 4.05. The van der Waals surface area contributed by atoms with Crippen LogP contribution in [0.25, 0.3) is 0 Å². The van der Waals surface area contributed by atoms with Gasteiger partial charge < -0.3 is 9.64 Å². The Hall–Kier alpha value is -2.96. The molecule has 7 heteroatoms. The van der Waals surface area contributed by atoms with E-state index in [9.17, 15) is 19.2 Å². The lowest BCUT2D eigenvalue weighted by molar-refractivity contribution is -0.155. The van der Waals surface area contributed by atoms with Crippen LogP contribution in [-0.4, -0.2) is 52.2 Å². The van der Waals surface area contributed by atoms with Gasteiger partial charge in [0.15, 0.2) is 6.61 Å². The van der Waals surface area contributed by atoms with Crippen molar-refractivity contribution in [3.05, 3.63) is 48.0 Å². The Kier molecular flexibility index (Phi) is 6.93. The SMILES string of the molecule is CC(C)(C)N(Cc1ccccc1)C(=O)COC(=O)CCN1C(=O)[C@H]2CC=CC[C@H]2C1=O. The van der Waals surface area contributed by atoms with Crippen molar-refractivity contribution in [2.45, 2.75) is 52.1 Å². The van der Waals surface area contributed by atoms with Gasteiger partial charge in [-0.1, -0.05) is 42.5 Å². The summed E-state index contributed by atoms with van der Waals surface area (Å²) in [7, 11) is 0. The number of rotatable bonds is 7. The molecule has 0 bridgehead atoms. The third kappa shape index (κ3) is 5.40. The molecule has 2 aliphatic rings. The molecule has 3 amide bonds. The van der Waals surface area contributed by atoms with Crippen molar-refractivity contribution in [1.29, 1.82) is 0 Å². The molecular weight excluding hydrogens is 396 g/mol. The predicted octanol–water partition coefficient (Wildman–Crippen LogP) is 2.70. The van der Waals surface area contributed by atoms with E-state index in [4.69, 9.17) is 4.74 Å². The zero-order valence-electron chi connectivity index (χ0n) is 18.4. The molecule has 0 unspecified atom stereocenters. The van der Waals surface area contributed by atoms with Crippen molar-refractivity contribution in [2.75, 3.05) is 13.2 Å². The maximum absolute atomic E-state index is 12.8. The monoisotopic (exact) mass is 426 g/mol. The van der Waals surface area contributed by atoms with Gasteiger partial charge in [0.2, 0.25) is 11.8 Å². The number of fused-ring (bicyclic) bond motifs is 1. The summed E-state index contributed by atoms with van der Waals surface area (Å²) in [6.07, 6.45) is 4.85. The van der Waals surface area contributed by atoms with Gasteiger partial charge in [-0.25, -0.2) is 0 Å². The molecule has 1 aliphatic carbocycles. The molecule has 0 spiro atoms. The van der Waals surface area contributed by atoms with E-state index >= 15 is 0 Å². The number of likely N-dealkylation sites (tertiary alicyclic amines) is 1. The number of imide groups is 1. The summed E-state index contributed by atoms with van der Waals surface area (Å²) < 4.78 is 5.17. The molecule has 1 aromatic carbocycles. The molecule has 0 aromatic heterocycles. The van der Waals surface area contributed by atoms with E-state index in [-0.39, 0.29) is 49.1 Å². The average Bonchev–Trinajstić information content (AvgIpc) is 2.99. The van der Waals surface area contributed by atoms with Gasteiger partial charge in [0.1, 0.15) is 0 Å². The Labute approximate surface area is 183 Å². The second-order valence-electron chi connectivity index (χ2n) is 9.03. The molecule has 0 N–H and O–H groups in total. The standard InChI is InChI=1S/C24H30N2O5/c1-24(2,3)26(15-17-9-5-4-6-10-17)20(27)16-31-21(28)13-14-25-22(29)18-11-7-8-12-19(18)23(25)30/h4-10,18-19H,11-16H2,1-3H3/t18-,19+. The van der Waals surface area contributed by atoms with Crippen molar-refractivity contribution < 1.29 is 23.9 Å². The summed E-state index contributed by atoms with van der Waals surface area (Å²) in [5.74, 6) is -1.96. The zero-order chi connectivity index (χ0) is 22.6. The van der Waals surface area contributed by atoms with Gasteiger partial charge in [-0.15, -0.1) is 0 Å². The first-order valence-corrected chi connectivity index (χ1v) is 10.7. The first-order chi connectivity index (χ1) is 14.7. The second kappa shape index (κ2) is 9.45. The summed E-state index contributed by atoms with van der Waals surface area (Å²) in [5, 5.41) is 0. The first kappa shape index (κ1) is 22.7. The minimum atomic E-state index is -0.601. The smallest absolute Gasteiger partial charge is 0.308 e. The van der Waals surface area contributed by atoms with Crippen molar-refractivity contribution in [1.82, 2.24) is 9.80 Å². The van der Waals surface area contributed by atoms with Crippen molar-refractivity contribution in [2.24, 2.45) is 11.8 Å². The summed E-state index contributed by atoms with van der Waals surface area (Å²) in [6, 6.07) is 9.61. The van der Waals surface area contributed by atoms with Gasteiger partial charge in [-0.05, 0) is 39.2 Å². The number of ether oxygens (including phenoxy) is 1. The molecule has 7 nitrogen and oxygen atoms in total. The van der Waals surface area contributed by atoms with E-state index in [1.54, 1.807) is 4.90 Å². The highest BCUT2D eigenvalue weighted by molar-refractivity contribution is 6.05. The van der Waals surface area contributed by atoms with E-state index < -0.39 is 11.5 Å². The molecule has 1 saturated heterocycles. The van der Waals surface area contributed by atoms with Crippen molar-refractivity contribution in [3.63, 3.8) is 0 Å². The molecular formula is C24H30N2O5. The zero-order valence-corrected chi connectivity index (χ0v) is 18.4. The van der Waals surface area contributed by atoms with Crippen LogP contribution in [0.15, 0.2) is 42.5 Å². The highest BCUT2D eigenvalue weighted by Gasteiger charge is 2.47. The van der Waals surface area contributed by atoms with Crippen molar-refractivity contribution in [3.8, 4) is 0 Å². The lowest BCUT2D eigenvalue weighted by Gasteiger charge is -2.35. The predicted molar refractivity (Wildman–Crippen MR) is 114 cm³/mol. The Morgan fingerprint density at radius 1 is 1.03 bits per heavy atom. The van der Waals surface area contributed by atoms with Gasteiger partial charge in [-0.2, -0.15) is 0 Å². The van der Waals surface area contributed by atoms with Crippen LogP contribution in [0, 0.1) is 11.8 Å². The van der Waals surface area contributed by atoms with Gasteiger partial charge in [0, 0.05) is 18.6 Å². The number of carbonyl (C=O) groups is 4. The topological polar surface area (TPSA) is 84.0 Å². The van der Waals surface area contributed by atoms with Crippen LogP contribution in [0.3, 0.4) is 0 Å². The largest absolute Gasteiger partial charge is 0.456 e. The molecule has 1 aromatic rings. The van der Waals surface area contributed by atoms with Crippen LogP contribution in [0.2, 0.25) is 0 Å². The molecule has 0 saturated carbocycles. The van der Waals surface area contributed by atoms with Crippen LogP contribution in [0.1, 0.15) is 45.6 Å². The molecule has 166 valence electrons. The normalized spacial score (nSPS) is 20.5. The minimum Gasteiger partial charge on any atom is -0.456 e. The number of amides is 3. The van der Waals surface area contributed by atoms with E-state index in [0.717, 1.165) is 5.56 Å². The number of esters is 1. The quantitative estimate of drug-likeness (QED) is 0.380. The first-order valence-electron chi connectivity index (χ1n) is 10.7. The Morgan fingerprint density at radius 3 is 2.16 bits per heavy atom. The van der Waals surface area contributed by atoms with Crippen LogP contribution in [0.4, 0.5) is 0 Å². The second-order valence-corrected chi connectivity index (χ2v) is 9.03. The number of nitrogens with zero attached hydrogens (tertiary/aromatic N) is 2. The highest BCUT2D eigenvalue weighted by Crippen LogP contribution is 2.35. The van der Waals surface area contributed by atoms with Crippen LogP contribution in [-0.2, 0) is 30.5 Å². The van der Waals surface area contributed by atoms with E-state index in [0.29, 0.717) is 19.4 Å². The van der Waals surface area contributed by atoms with Gasteiger partial charge in [0.05, 0.1) is 18.3 Å². The Balaban J connectivity index is 1.50. The van der Waals surface area contributed by atoms with E-state index in [2.05, 4.69) is 0 Å². The fourth-order valence-electron chi connectivity index (χ4n) is 4.05. The molecule has 1 aliphatic heterocycles.